The second-order valence-corrected chi connectivity index (χ2v) is 1.88. The van der Waals surface area contributed by atoms with E-state index in [-0.39, 0.29) is 0 Å². The Morgan fingerprint density at radius 2 is 1.73 bits per heavy atom. The van der Waals surface area contributed by atoms with Gasteiger partial charge >= 0.3 is 0 Å². The average Bonchev–Trinajstić information content (AvgIpc) is 2.13. The van der Waals surface area contributed by atoms with Gasteiger partial charge in [-0.05, 0) is 25.3 Å². The van der Waals surface area contributed by atoms with Gasteiger partial charge in [0.15, 0.2) is 0 Å². The molecular weight excluding hydrogens is 158 g/mol. The lowest BCUT2D eigenvalue weighted by atomic mass is 10.5. The van der Waals surface area contributed by atoms with E-state index >= 15 is 0 Å². The molecule has 0 rings (SSSR count). The smallest absolute Gasteiger partial charge is 0.0319 e. The quantitative estimate of drug-likeness (QED) is 0.454. The minimum absolute atomic E-state index is 0.993. The predicted octanol–water partition coefficient (Wildman–Crippen LogP) is 1.55. The van der Waals surface area contributed by atoms with Gasteiger partial charge in [-0.3, -0.25) is 0 Å². The largest absolute Gasteiger partial charge is 0.400 e. The first-order valence-electron chi connectivity index (χ1n) is 4.18. The fourth-order valence-electron chi connectivity index (χ4n) is 0.381. The van der Waals surface area contributed by atoms with Crippen LogP contribution in [0.2, 0.25) is 0 Å². The Hall–Kier alpha value is 0.270. The maximum atomic E-state index is 7.00. The van der Waals surface area contributed by atoms with Gasteiger partial charge in [0.25, 0.3) is 0 Å². The van der Waals surface area contributed by atoms with E-state index in [1.807, 2.05) is 13.8 Å². The summed E-state index contributed by atoms with van der Waals surface area (Å²) in [6, 6.07) is 0. The Balaban J connectivity index is -0.000000138. The van der Waals surface area contributed by atoms with Gasteiger partial charge in [0, 0.05) is 7.11 Å². The Labute approximate surface area is 76.8 Å². The van der Waals surface area contributed by atoms with Gasteiger partial charge in [0.2, 0.25) is 0 Å². The molecule has 0 saturated heterocycles. The summed E-state index contributed by atoms with van der Waals surface area (Å²) >= 11 is 4.05. The molecule has 0 aromatic rings. The number of rotatable bonds is 4. The molecule has 0 bridgehead atoms. The summed E-state index contributed by atoms with van der Waals surface area (Å²) in [6.45, 7) is 8.30. The molecule has 0 aliphatic heterocycles. The highest BCUT2D eigenvalue weighted by Crippen LogP contribution is 1.78. The van der Waals surface area contributed by atoms with E-state index in [1.165, 1.54) is 6.42 Å². The summed E-state index contributed by atoms with van der Waals surface area (Å²) in [4.78, 5) is 0. The van der Waals surface area contributed by atoms with Gasteiger partial charge in [-0.2, -0.15) is 12.6 Å². The van der Waals surface area contributed by atoms with Crippen molar-refractivity contribution in [2.75, 3.05) is 26.0 Å². The van der Waals surface area contributed by atoms with Crippen molar-refractivity contribution >= 4 is 12.6 Å². The molecule has 0 saturated carbocycles. The van der Waals surface area contributed by atoms with Crippen LogP contribution in [0.5, 0.6) is 0 Å². The highest BCUT2D eigenvalue weighted by atomic mass is 32.1. The molecule has 2 N–H and O–H groups in total. The Morgan fingerprint density at radius 3 is 2.00 bits per heavy atom. The normalized spacial score (nSPS) is 7.09. The van der Waals surface area contributed by atoms with Crippen LogP contribution in [0.3, 0.4) is 0 Å². The van der Waals surface area contributed by atoms with Crippen LogP contribution in [0, 0.1) is 0 Å². The predicted molar refractivity (Wildman–Crippen MR) is 56.5 cm³/mol. The Morgan fingerprint density at radius 1 is 1.27 bits per heavy atom. The molecule has 3 heteroatoms. The zero-order chi connectivity index (χ0) is 9.54. The minimum Gasteiger partial charge on any atom is -0.400 e. The van der Waals surface area contributed by atoms with Gasteiger partial charge in [-0.1, -0.05) is 20.8 Å². The molecule has 0 aliphatic carbocycles. The third-order valence-electron chi connectivity index (χ3n) is 0.762. The average molecular weight is 181 g/mol. The first kappa shape index (κ1) is 17.4. The molecule has 0 spiro atoms. The molecule has 0 atom stereocenters. The summed E-state index contributed by atoms with van der Waals surface area (Å²) in [6.07, 6.45) is 1.18. The van der Waals surface area contributed by atoms with Crippen LogP contribution < -0.4 is 5.32 Å². The lowest BCUT2D eigenvalue weighted by Crippen LogP contribution is -2.13. The second kappa shape index (κ2) is 31.8. The SMILES string of the molecule is CC.CCNCCCS.CO. The summed E-state index contributed by atoms with van der Waals surface area (Å²) in [5.74, 6) is 0.993. The standard InChI is InChI=1S/C5H13NS.C2H6.CH4O/c1-2-6-4-3-5-7;2*1-2/h6-7H,2-5H2,1H3;1-2H3;2H,1H3. The number of hydrogen-bond acceptors (Lipinski definition) is 3. The fraction of sp³-hybridized carbons (Fsp3) is 1.00. The molecule has 0 amide bonds. The van der Waals surface area contributed by atoms with E-state index in [0.29, 0.717) is 0 Å². The van der Waals surface area contributed by atoms with E-state index < -0.39 is 0 Å². The number of aliphatic hydroxyl groups excluding tert-OH is 1. The van der Waals surface area contributed by atoms with Crippen molar-refractivity contribution < 1.29 is 5.11 Å². The van der Waals surface area contributed by atoms with Crippen molar-refractivity contribution in [3.63, 3.8) is 0 Å². The second-order valence-electron chi connectivity index (χ2n) is 1.43. The molecule has 72 valence electrons. The third-order valence-corrected chi connectivity index (χ3v) is 1.08. The van der Waals surface area contributed by atoms with Crippen molar-refractivity contribution in [3.8, 4) is 0 Å². The minimum atomic E-state index is 0.993. The van der Waals surface area contributed by atoms with Gasteiger partial charge < -0.3 is 10.4 Å². The zero-order valence-electron chi connectivity index (χ0n) is 8.22. The maximum Gasteiger partial charge on any atom is 0.0319 e. The Kier molecular flexibility index (Phi) is 50.2. The van der Waals surface area contributed by atoms with E-state index in [4.69, 9.17) is 5.11 Å². The van der Waals surface area contributed by atoms with Crippen LogP contribution in [-0.2, 0) is 0 Å². The molecule has 0 unspecified atom stereocenters. The highest BCUT2D eigenvalue weighted by Gasteiger charge is 1.77. The molecule has 0 heterocycles. The number of aliphatic hydroxyl groups is 1. The van der Waals surface area contributed by atoms with E-state index in [2.05, 4.69) is 24.9 Å². The lowest BCUT2D eigenvalue weighted by Gasteiger charge is -1.94. The van der Waals surface area contributed by atoms with Crippen LogP contribution in [-0.4, -0.2) is 31.1 Å². The topological polar surface area (TPSA) is 32.3 Å². The third kappa shape index (κ3) is 38.5. The van der Waals surface area contributed by atoms with Crippen molar-refractivity contribution in [1.82, 2.24) is 5.32 Å². The maximum absolute atomic E-state index is 7.00. The fourth-order valence-corrected chi connectivity index (χ4v) is 0.539. The molecule has 0 aromatic heterocycles. The van der Waals surface area contributed by atoms with Crippen LogP contribution >= 0.6 is 12.6 Å². The summed E-state index contributed by atoms with van der Waals surface area (Å²) < 4.78 is 0. The van der Waals surface area contributed by atoms with Crippen LogP contribution in [0.25, 0.3) is 0 Å². The monoisotopic (exact) mass is 181 g/mol. The molecule has 0 fully saturated rings. The van der Waals surface area contributed by atoms with E-state index in [0.717, 1.165) is 26.0 Å². The van der Waals surface area contributed by atoms with Crippen molar-refractivity contribution in [2.45, 2.75) is 27.2 Å². The molecule has 0 aliphatic rings. The van der Waals surface area contributed by atoms with Gasteiger partial charge in [-0.15, -0.1) is 0 Å². The first-order chi connectivity index (χ1) is 5.41. The molecule has 0 radical (unpaired) electrons. The van der Waals surface area contributed by atoms with Crippen LogP contribution in [0.15, 0.2) is 0 Å². The van der Waals surface area contributed by atoms with Crippen molar-refractivity contribution in [2.24, 2.45) is 0 Å². The zero-order valence-corrected chi connectivity index (χ0v) is 9.12. The molecular formula is C8H23NOS. The Bertz CT molecular complexity index is 33.3. The molecule has 2 nitrogen and oxygen atoms in total. The van der Waals surface area contributed by atoms with E-state index in [1.54, 1.807) is 0 Å². The number of nitrogens with one attached hydrogen (secondary N) is 1. The van der Waals surface area contributed by atoms with Crippen LogP contribution in [0.4, 0.5) is 0 Å². The van der Waals surface area contributed by atoms with Crippen molar-refractivity contribution in [3.05, 3.63) is 0 Å². The lowest BCUT2D eigenvalue weighted by molar-refractivity contribution is 0.399. The van der Waals surface area contributed by atoms with Crippen molar-refractivity contribution in [1.29, 1.82) is 0 Å². The van der Waals surface area contributed by atoms with Gasteiger partial charge in [0.05, 0.1) is 0 Å². The van der Waals surface area contributed by atoms with Gasteiger partial charge in [0.1, 0.15) is 0 Å². The molecule has 11 heavy (non-hydrogen) atoms. The molecule has 0 aromatic carbocycles. The van der Waals surface area contributed by atoms with Crippen LogP contribution in [0.1, 0.15) is 27.2 Å². The van der Waals surface area contributed by atoms with E-state index in [9.17, 15) is 0 Å². The van der Waals surface area contributed by atoms with Gasteiger partial charge in [-0.25, -0.2) is 0 Å². The number of hydrogen-bond donors (Lipinski definition) is 3. The first-order valence-corrected chi connectivity index (χ1v) is 4.81. The summed E-state index contributed by atoms with van der Waals surface area (Å²) in [5.41, 5.74) is 0. The number of thiol groups is 1. The highest BCUT2D eigenvalue weighted by molar-refractivity contribution is 7.80. The summed E-state index contributed by atoms with van der Waals surface area (Å²) in [7, 11) is 1.00. The summed E-state index contributed by atoms with van der Waals surface area (Å²) in [5, 5.41) is 10.2.